The molecule has 0 bridgehead atoms. The van der Waals surface area contributed by atoms with Crippen molar-refractivity contribution in [1.82, 2.24) is 9.78 Å². The van der Waals surface area contributed by atoms with Gasteiger partial charge >= 0.3 is 0 Å². The highest BCUT2D eigenvalue weighted by atomic mass is 35.5. The summed E-state index contributed by atoms with van der Waals surface area (Å²) in [5.41, 5.74) is -0.167. The molecule has 2 aromatic rings. The fourth-order valence-corrected chi connectivity index (χ4v) is 2.55. The molecule has 12 radical (unpaired) electrons. The van der Waals surface area contributed by atoms with Crippen LogP contribution < -0.4 is 10.3 Å². The van der Waals surface area contributed by atoms with Gasteiger partial charge in [0.25, 0.3) is 5.56 Å². The summed E-state index contributed by atoms with van der Waals surface area (Å²) in [5.74, 6) is -0.0641. The van der Waals surface area contributed by atoms with Gasteiger partial charge in [0.2, 0.25) is 0 Å². The maximum Gasteiger partial charge on any atom is 0.289 e. The quantitative estimate of drug-likeness (QED) is 0.615. The molecule has 1 heterocycles. The Balaban J connectivity index is 2.18. The first kappa shape index (κ1) is 25.8. The van der Waals surface area contributed by atoms with Gasteiger partial charge in [-0.15, -0.1) is 0 Å². The van der Waals surface area contributed by atoms with E-state index in [1.54, 1.807) is 45.0 Å². The lowest BCUT2D eigenvalue weighted by molar-refractivity contribution is -0.0122. The Hall–Kier alpha value is -1.50. The van der Waals surface area contributed by atoms with Crippen LogP contribution in [0.25, 0.3) is 0 Å². The number of rotatable bonds is 7. The van der Waals surface area contributed by atoms with Crippen LogP contribution in [0, 0.1) is 0 Å². The number of hydrogen-bond acceptors (Lipinski definition) is 5. The van der Waals surface area contributed by atoms with E-state index >= 15 is 0 Å². The number of hydrogen-bond donors (Lipinski definition) is 1. The van der Waals surface area contributed by atoms with Gasteiger partial charge in [0.15, 0.2) is 10.8 Å². The Labute approximate surface area is 194 Å². The first-order valence-electron chi connectivity index (χ1n) is 9.12. The summed E-state index contributed by atoms with van der Waals surface area (Å²) in [6, 6.07) is 6.32. The summed E-state index contributed by atoms with van der Waals surface area (Å²) >= 11 is 6.15. The molecule has 0 aliphatic carbocycles. The average molecular weight is 426 g/mol. The predicted octanol–water partition coefficient (Wildman–Crippen LogP) is -0.332. The van der Waals surface area contributed by atoms with Crippen LogP contribution in [-0.4, -0.2) is 72.8 Å². The van der Waals surface area contributed by atoms with Gasteiger partial charge in [0.1, 0.15) is 47.1 Å². The number of halogens is 1. The molecule has 0 aliphatic rings. The first-order chi connectivity index (χ1) is 14.0. The second-order valence-electron chi connectivity index (χ2n) is 8.21. The third-order valence-corrected chi connectivity index (χ3v) is 4.66. The molecular formula is C18H17B6ClN2O4. The standard InChI is InChI=1S/C18H17B6ClN2O4/c1-15(2,3)27-14(28)13(25)12(8-26-27)31-16(19,20)11-6-4-10(5-7-11)9-30-18(23,24)17(21,22)29/h4-8,29H,9H2,1-3H3. The molecule has 1 aromatic heterocycles. The van der Waals surface area contributed by atoms with Crippen molar-refractivity contribution < 1.29 is 14.6 Å². The lowest BCUT2D eigenvalue weighted by atomic mass is 9.42. The van der Waals surface area contributed by atoms with Gasteiger partial charge in [-0.05, 0) is 37.3 Å². The van der Waals surface area contributed by atoms with E-state index in [2.05, 4.69) is 5.10 Å². The summed E-state index contributed by atoms with van der Waals surface area (Å²) in [5, 5.41) is 6.92. The van der Waals surface area contributed by atoms with E-state index in [4.69, 9.17) is 68.2 Å². The molecule has 0 atom stereocenters. The highest BCUT2D eigenvalue weighted by Gasteiger charge is 2.33. The summed E-state index contributed by atoms with van der Waals surface area (Å²) in [4.78, 5) is 12.5. The molecule has 2 rings (SSSR count). The fraction of sp³-hybridized carbons (Fsp3) is 0.444. The second-order valence-corrected chi connectivity index (χ2v) is 8.59. The lowest BCUT2D eigenvalue weighted by Crippen LogP contribution is -2.58. The molecule has 0 amide bonds. The first-order valence-corrected chi connectivity index (χ1v) is 9.50. The van der Waals surface area contributed by atoms with E-state index in [1.807, 2.05) is 0 Å². The van der Waals surface area contributed by atoms with Crippen LogP contribution in [0.1, 0.15) is 31.9 Å². The molecule has 0 spiro atoms. The average Bonchev–Trinajstić information content (AvgIpc) is 2.62. The Morgan fingerprint density at radius 2 is 1.61 bits per heavy atom. The van der Waals surface area contributed by atoms with Crippen molar-refractivity contribution in [2.45, 2.75) is 49.1 Å². The van der Waals surface area contributed by atoms with Gasteiger partial charge < -0.3 is 14.6 Å². The van der Waals surface area contributed by atoms with Crippen LogP contribution in [0.5, 0.6) is 5.75 Å². The summed E-state index contributed by atoms with van der Waals surface area (Å²) in [6.07, 6.45) is 1.27. The SMILES string of the molecule is [B]C([B])(Oc1cnn(C(C)(C)C)c(=O)c1Cl)c1ccc(COC([B])([B])C([B])([B])O)cc1. The Morgan fingerprint density at radius 3 is 2.10 bits per heavy atom. The maximum atomic E-state index is 12.5. The van der Waals surface area contributed by atoms with Gasteiger partial charge in [0.05, 0.1) is 18.3 Å². The van der Waals surface area contributed by atoms with Crippen molar-refractivity contribution in [2.24, 2.45) is 0 Å². The highest BCUT2D eigenvalue weighted by molar-refractivity contribution is 6.53. The fourth-order valence-electron chi connectivity index (χ4n) is 2.39. The number of benzene rings is 1. The molecule has 1 aromatic carbocycles. The zero-order valence-electron chi connectivity index (χ0n) is 17.5. The van der Waals surface area contributed by atoms with Crippen molar-refractivity contribution >= 4 is 58.7 Å². The van der Waals surface area contributed by atoms with E-state index in [0.29, 0.717) is 11.1 Å². The molecular weight excluding hydrogens is 409 g/mol. The molecule has 0 saturated heterocycles. The van der Waals surface area contributed by atoms with Crippen LogP contribution in [0.3, 0.4) is 0 Å². The van der Waals surface area contributed by atoms with Gasteiger partial charge in [-0.3, -0.25) is 4.79 Å². The number of aliphatic hydroxyl groups is 1. The third kappa shape index (κ3) is 6.05. The smallest absolute Gasteiger partial charge is 0.289 e. The van der Waals surface area contributed by atoms with Crippen molar-refractivity contribution in [3.8, 4) is 5.75 Å². The Bertz CT molecular complexity index is 985. The Kier molecular flexibility index (Phi) is 7.31. The third-order valence-electron chi connectivity index (χ3n) is 4.31. The molecule has 31 heavy (non-hydrogen) atoms. The molecule has 148 valence electrons. The summed E-state index contributed by atoms with van der Waals surface area (Å²) in [6.45, 7) is 5.30. The van der Waals surface area contributed by atoms with Gasteiger partial charge in [0, 0.05) is 10.8 Å². The van der Waals surface area contributed by atoms with Crippen LogP contribution in [0.15, 0.2) is 35.3 Å². The van der Waals surface area contributed by atoms with Gasteiger partial charge in [-0.1, -0.05) is 35.9 Å². The molecule has 0 fully saturated rings. The van der Waals surface area contributed by atoms with Gasteiger partial charge in [-0.2, -0.15) is 5.10 Å². The van der Waals surface area contributed by atoms with Crippen LogP contribution in [0.4, 0.5) is 0 Å². The molecule has 1 N–H and O–H groups in total. The van der Waals surface area contributed by atoms with Gasteiger partial charge in [-0.25, -0.2) is 4.68 Å². The minimum Gasteiger partial charge on any atom is -0.499 e. The van der Waals surface area contributed by atoms with Crippen LogP contribution in [0.2, 0.25) is 5.02 Å². The predicted molar refractivity (Wildman–Crippen MR) is 124 cm³/mol. The minimum atomic E-state index is -2.45. The van der Waals surface area contributed by atoms with E-state index in [1.165, 1.54) is 10.9 Å². The second kappa shape index (κ2) is 8.80. The van der Waals surface area contributed by atoms with Crippen molar-refractivity contribution in [3.05, 3.63) is 57.0 Å². The summed E-state index contributed by atoms with van der Waals surface area (Å²) < 4.78 is 12.0. The van der Waals surface area contributed by atoms with Crippen molar-refractivity contribution in [3.63, 3.8) is 0 Å². The largest absolute Gasteiger partial charge is 0.499 e. The van der Waals surface area contributed by atoms with Crippen molar-refractivity contribution in [2.75, 3.05) is 0 Å². The Morgan fingerprint density at radius 1 is 1.06 bits per heavy atom. The van der Waals surface area contributed by atoms with E-state index < -0.39 is 27.3 Å². The monoisotopic (exact) mass is 426 g/mol. The zero-order valence-corrected chi connectivity index (χ0v) is 18.3. The molecule has 6 nitrogen and oxygen atoms in total. The number of ether oxygens (including phenoxy) is 2. The van der Waals surface area contributed by atoms with Crippen LogP contribution in [-0.2, 0) is 22.3 Å². The van der Waals surface area contributed by atoms with Crippen molar-refractivity contribution in [1.29, 1.82) is 0 Å². The van der Waals surface area contributed by atoms with E-state index in [9.17, 15) is 9.90 Å². The molecule has 0 aliphatic heterocycles. The molecule has 0 saturated carbocycles. The normalized spacial score (nSPS) is 13.2. The van der Waals surface area contributed by atoms with E-state index in [0.717, 1.165) is 0 Å². The zero-order chi connectivity index (χ0) is 23.8. The minimum absolute atomic E-state index is 0.0641. The lowest BCUT2D eigenvalue weighted by Gasteiger charge is -2.39. The molecule has 0 unspecified atom stereocenters. The number of aromatic nitrogens is 2. The topological polar surface area (TPSA) is 73.6 Å². The van der Waals surface area contributed by atoms with E-state index in [-0.39, 0.29) is 17.4 Å². The maximum absolute atomic E-state index is 12.5. The van der Waals surface area contributed by atoms with Crippen LogP contribution >= 0.6 is 11.6 Å². The highest BCUT2D eigenvalue weighted by Crippen LogP contribution is 2.28. The number of nitrogens with zero attached hydrogens (tertiary/aromatic N) is 2. The molecule has 13 heteroatoms. The summed E-state index contributed by atoms with van der Waals surface area (Å²) in [7, 11) is 33.8.